The molecule has 0 unspecified atom stereocenters. The summed E-state index contributed by atoms with van der Waals surface area (Å²) < 4.78 is 28.1. The summed E-state index contributed by atoms with van der Waals surface area (Å²) in [7, 11) is -3.73. The summed E-state index contributed by atoms with van der Waals surface area (Å²) in [6, 6.07) is 0. The lowest BCUT2D eigenvalue weighted by atomic mass is 10.6. The molecule has 2 aromatic rings. The molecule has 7 nitrogen and oxygen atoms in total. The van der Waals surface area contributed by atoms with Crippen molar-refractivity contribution >= 4 is 27.0 Å². The van der Waals surface area contributed by atoms with Crippen LogP contribution in [-0.2, 0) is 16.6 Å². The highest BCUT2D eigenvalue weighted by atomic mass is 32.2. The first-order valence-electron chi connectivity index (χ1n) is 5.17. The fourth-order valence-corrected chi connectivity index (χ4v) is 3.77. The van der Waals surface area contributed by atoms with Crippen LogP contribution in [0.1, 0.15) is 12.6 Å². The second-order valence-electron chi connectivity index (χ2n) is 3.62. The van der Waals surface area contributed by atoms with Crippen molar-refractivity contribution in [3.8, 4) is 0 Å². The van der Waals surface area contributed by atoms with Crippen LogP contribution < -0.4 is 9.60 Å². The van der Waals surface area contributed by atoms with E-state index in [0.717, 1.165) is 0 Å². The van der Waals surface area contributed by atoms with Crippen LogP contribution in [0.15, 0.2) is 21.4 Å². The van der Waals surface area contributed by atoms with Crippen LogP contribution in [0.5, 0.6) is 0 Å². The van der Waals surface area contributed by atoms with Crippen LogP contribution in [0.3, 0.4) is 0 Å². The van der Waals surface area contributed by atoms with Crippen LogP contribution in [0, 0.1) is 6.92 Å². The van der Waals surface area contributed by atoms with Gasteiger partial charge in [0.2, 0.25) is 0 Å². The molecule has 0 spiro atoms. The number of aromatic nitrogens is 3. The second kappa shape index (κ2) is 4.58. The highest BCUT2D eigenvalue weighted by molar-refractivity contribution is 7.94. The van der Waals surface area contributed by atoms with Gasteiger partial charge in [-0.3, -0.25) is 14.2 Å². The number of aryl methyl sites for hydroxylation is 2. The van der Waals surface area contributed by atoms with Crippen molar-refractivity contribution in [1.29, 1.82) is 0 Å². The molecule has 2 heterocycles. The molecule has 0 saturated carbocycles. The molecule has 98 valence electrons. The average Bonchev–Trinajstić information content (AvgIpc) is 2.84. The lowest BCUT2D eigenvalue weighted by molar-refractivity contribution is 0.602. The fraction of sp³-hybridized carbons (Fsp3) is 0.333. The van der Waals surface area contributed by atoms with E-state index in [1.165, 1.54) is 6.20 Å². The quantitative estimate of drug-likeness (QED) is 0.868. The predicted octanol–water partition coefficient (Wildman–Crippen LogP) is 0.762. The smallest absolute Gasteiger partial charge is 0.306 e. The summed E-state index contributed by atoms with van der Waals surface area (Å²) >= 11 is 0.664. The molecule has 0 aromatic carbocycles. The topological polar surface area (TPSA) is 96.9 Å². The SMILES string of the molecule is CCn1cc(NS(=O)(=O)c2sc(=O)[nH]c2C)cn1. The lowest BCUT2D eigenvalue weighted by Crippen LogP contribution is -2.12. The van der Waals surface area contributed by atoms with E-state index < -0.39 is 14.9 Å². The van der Waals surface area contributed by atoms with E-state index in [-0.39, 0.29) is 4.21 Å². The molecular weight excluding hydrogens is 276 g/mol. The first kappa shape index (κ1) is 12.8. The highest BCUT2D eigenvalue weighted by Gasteiger charge is 2.21. The van der Waals surface area contributed by atoms with Crippen LogP contribution in [-0.4, -0.2) is 23.2 Å². The Hall–Kier alpha value is -1.61. The number of H-pyrrole nitrogens is 1. The Kier molecular flexibility index (Phi) is 3.26. The summed E-state index contributed by atoms with van der Waals surface area (Å²) in [5.41, 5.74) is 0.706. The Morgan fingerprint density at radius 1 is 1.56 bits per heavy atom. The van der Waals surface area contributed by atoms with E-state index in [2.05, 4.69) is 14.8 Å². The van der Waals surface area contributed by atoms with Gasteiger partial charge < -0.3 is 4.98 Å². The van der Waals surface area contributed by atoms with Gasteiger partial charge in [0.15, 0.2) is 4.21 Å². The number of rotatable bonds is 4. The van der Waals surface area contributed by atoms with Gasteiger partial charge in [-0.15, -0.1) is 0 Å². The van der Waals surface area contributed by atoms with Gasteiger partial charge in [0.05, 0.1) is 11.9 Å². The fourth-order valence-electron chi connectivity index (χ4n) is 1.44. The van der Waals surface area contributed by atoms with Crippen LogP contribution in [0.2, 0.25) is 0 Å². The van der Waals surface area contributed by atoms with Gasteiger partial charge in [0, 0.05) is 18.4 Å². The lowest BCUT2D eigenvalue weighted by Gasteiger charge is -2.03. The zero-order valence-corrected chi connectivity index (χ0v) is 11.4. The molecule has 0 aliphatic rings. The Morgan fingerprint density at radius 3 is 2.78 bits per heavy atom. The molecule has 18 heavy (non-hydrogen) atoms. The largest absolute Gasteiger partial charge is 0.315 e. The predicted molar refractivity (Wildman–Crippen MR) is 68.4 cm³/mol. The maximum atomic E-state index is 12.0. The van der Waals surface area contributed by atoms with Crippen molar-refractivity contribution in [2.45, 2.75) is 24.6 Å². The monoisotopic (exact) mass is 288 g/mol. The number of nitrogens with zero attached hydrogens (tertiary/aromatic N) is 2. The van der Waals surface area contributed by atoms with Gasteiger partial charge in [0.25, 0.3) is 10.0 Å². The molecule has 2 aromatic heterocycles. The van der Waals surface area contributed by atoms with E-state index in [9.17, 15) is 13.2 Å². The Labute approximate surface area is 108 Å². The van der Waals surface area contributed by atoms with E-state index in [4.69, 9.17) is 0 Å². The molecule has 0 amide bonds. The van der Waals surface area contributed by atoms with Gasteiger partial charge in [-0.2, -0.15) is 5.10 Å². The molecule has 0 aliphatic carbocycles. The molecular formula is C9H12N4O3S2. The van der Waals surface area contributed by atoms with E-state index in [1.807, 2.05) is 6.92 Å². The molecule has 9 heteroatoms. The number of aromatic amines is 1. The number of hydrogen-bond acceptors (Lipinski definition) is 5. The number of thiazole rings is 1. The molecule has 0 bridgehead atoms. The molecule has 2 N–H and O–H groups in total. The number of hydrogen-bond donors (Lipinski definition) is 2. The molecule has 0 radical (unpaired) electrons. The van der Waals surface area contributed by atoms with Gasteiger partial charge in [-0.1, -0.05) is 11.3 Å². The maximum absolute atomic E-state index is 12.0. The standard InChI is InChI=1S/C9H12N4O3S2/c1-3-13-5-7(4-10-13)12-18(15,16)8-6(2)11-9(14)17-8/h4-5,12H,3H2,1-2H3,(H,11,14). The molecule has 0 aliphatic heterocycles. The van der Waals surface area contributed by atoms with Crippen LogP contribution >= 0.6 is 11.3 Å². The molecule has 0 fully saturated rings. The Balaban J connectivity index is 2.32. The zero-order chi connectivity index (χ0) is 13.3. The number of anilines is 1. The van der Waals surface area contributed by atoms with E-state index in [1.54, 1.807) is 17.8 Å². The Bertz CT molecular complexity index is 710. The van der Waals surface area contributed by atoms with Crippen molar-refractivity contribution in [3.63, 3.8) is 0 Å². The van der Waals surface area contributed by atoms with E-state index >= 15 is 0 Å². The Morgan fingerprint density at radius 2 is 2.28 bits per heavy atom. The summed E-state index contributed by atoms with van der Waals surface area (Å²) in [6.07, 6.45) is 3.01. The first-order chi connectivity index (χ1) is 8.42. The first-order valence-corrected chi connectivity index (χ1v) is 7.47. The van der Waals surface area contributed by atoms with Gasteiger partial charge in [-0.25, -0.2) is 8.42 Å². The van der Waals surface area contributed by atoms with Gasteiger partial charge >= 0.3 is 4.87 Å². The summed E-state index contributed by atoms with van der Waals surface area (Å²) in [6.45, 7) is 4.09. The number of nitrogens with one attached hydrogen (secondary N) is 2. The molecule has 2 rings (SSSR count). The third-order valence-electron chi connectivity index (χ3n) is 2.23. The average molecular weight is 288 g/mol. The van der Waals surface area contributed by atoms with Crippen molar-refractivity contribution < 1.29 is 8.42 Å². The van der Waals surface area contributed by atoms with Crippen molar-refractivity contribution in [3.05, 3.63) is 27.8 Å². The minimum Gasteiger partial charge on any atom is -0.315 e. The molecule has 0 atom stereocenters. The van der Waals surface area contributed by atoms with Crippen molar-refractivity contribution in [2.24, 2.45) is 0 Å². The second-order valence-corrected chi connectivity index (χ2v) is 6.48. The highest BCUT2D eigenvalue weighted by Crippen LogP contribution is 2.19. The summed E-state index contributed by atoms with van der Waals surface area (Å²) in [4.78, 5) is 13.2. The zero-order valence-electron chi connectivity index (χ0n) is 9.80. The van der Waals surface area contributed by atoms with E-state index in [0.29, 0.717) is 29.3 Å². The normalized spacial score (nSPS) is 11.7. The maximum Gasteiger partial charge on any atom is 0.306 e. The molecule has 0 saturated heterocycles. The van der Waals surface area contributed by atoms with Gasteiger partial charge in [-0.05, 0) is 13.8 Å². The summed E-state index contributed by atoms with van der Waals surface area (Å²) in [5, 5.41) is 3.96. The third-order valence-corrected chi connectivity index (χ3v) is 5.22. The minimum absolute atomic E-state index is 0.00301. The van der Waals surface area contributed by atoms with Gasteiger partial charge in [0.1, 0.15) is 0 Å². The van der Waals surface area contributed by atoms with Crippen LogP contribution in [0.25, 0.3) is 0 Å². The van der Waals surface area contributed by atoms with Crippen molar-refractivity contribution in [1.82, 2.24) is 14.8 Å². The number of sulfonamides is 1. The van der Waals surface area contributed by atoms with Crippen molar-refractivity contribution in [2.75, 3.05) is 4.72 Å². The summed E-state index contributed by atoms with van der Waals surface area (Å²) in [5.74, 6) is 0. The third kappa shape index (κ3) is 2.46. The van der Waals surface area contributed by atoms with Crippen LogP contribution in [0.4, 0.5) is 5.69 Å². The minimum atomic E-state index is -3.73.